The number of rotatable bonds is 2. The Kier molecular flexibility index (Phi) is 2.82. The van der Waals surface area contributed by atoms with E-state index >= 15 is 0 Å². The van der Waals surface area contributed by atoms with Gasteiger partial charge in [-0.25, -0.2) is 8.78 Å². The lowest BCUT2D eigenvalue weighted by atomic mass is 9.94. The first-order chi connectivity index (χ1) is 5.14. The van der Waals surface area contributed by atoms with Crippen LogP contribution < -0.4 is 0 Å². The molecule has 0 spiro atoms. The maximum absolute atomic E-state index is 12.6. The Morgan fingerprint density at radius 1 is 1.36 bits per heavy atom. The highest BCUT2D eigenvalue weighted by atomic mass is 19.3. The quantitative estimate of drug-likeness (QED) is 0.609. The van der Waals surface area contributed by atoms with Crippen LogP contribution in [0.15, 0.2) is 0 Å². The molecule has 1 aliphatic rings. The van der Waals surface area contributed by atoms with E-state index in [2.05, 4.69) is 0 Å². The monoisotopic (exact) mass is 164 g/mol. The molecule has 3 heteroatoms. The first-order valence-corrected chi connectivity index (χ1v) is 4.13. The fourth-order valence-corrected chi connectivity index (χ4v) is 1.42. The number of halogens is 2. The van der Waals surface area contributed by atoms with Crippen LogP contribution in [0.5, 0.6) is 0 Å². The van der Waals surface area contributed by atoms with Gasteiger partial charge in [0.2, 0.25) is 5.92 Å². The fourth-order valence-electron chi connectivity index (χ4n) is 1.42. The third-order valence-electron chi connectivity index (χ3n) is 2.07. The lowest BCUT2D eigenvalue weighted by Gasteiger charge is -2.27. The summed E-state index contributed by atoms with van der Waals surface area (Å²) in [4.78, 5) is 0. The van der Waals surface area contributed by atoms with Gasteiger partial charge in [-0.1, -0.05) is 0 Å². The van der Waals surface area contributed by atoms with Crippen LogP contribution >= 0.6 is 0 Å². The van der Waals surface area contributed by atoms with Crippen molar-refractivity contribution in [2.75, 3.05) is 6.61 Å². The standard InChI is InChI=1S/C8H14F2O/c1-2-11-7-3-5-8(9,10)6-4-7/h7H,2-6H2,1H3. The summed E-state index contributed by atoms with van der Waals surface area (Å²) in [7, 11) is 0. The summed E-state index contributed by atoms with van der Waals surface area (Å²) in [5, 5.41) is 0. The zero-order valence-electron chi connectivity index (χ0n) is 6.78. The summed E-state index contributed by atoms with van der Waals surface area (Å²) < 4.78 is 30.4. The Morgan fingerprint density at radius 3 is 2.36 bits per heavy atom. The zero-order valence-corrected chi connectivity index (χ0v) is 6.78. The molecule has 1 saturated carbocycles. The minimum absolute atomic E-state index is 0.00231. The van der Waals surface area contributed by atoms with Gasteiger partial charge in [0, 0.05) is 19.4 Å². The van der Waals surface area contributed by atoms with E-state index in [1.807, 2.05) is 6.92 Å². The van der Waals surface area contributed by atoms with Crippen LogP contribution in [-0.2, 0) is 4.74 Å². The number of ether oxygens (including phenoxy) is 1. The van der Waals surface area contributed by atoms with E-state index in [0.717, 1.165) is 0 Å². The summed E-state index contributed by atoms with van der Waals surface area (Å²) >= 11 is 0. The summed E-state index contributed by atoms with van der Waals surface area (Å²) in [5.41, 5.74) is 0. The number of hydrogen-bond donors (Lipinski definition) is 0. The minimum atomic E-state index is -2.42. The Balaban J connectivity index is 2.25. The van der Waals surface area contributed by atoms with Crippen LogP contribution in [0.1, 0.15) is 32.6 Å². The normalized spacial score (nSPS) is 25.4. The maximum atomic E-state index is 12.6. The minimum Gasteiger partial charge on any atom is -0.379 e. The second kappa shape index (κ2) is 3.48. The molecule has 1 nitrogen and oxygen atoms in total. The van der Waals surface area contributed by atoms with Crippen molar-refractivity contribution in [3.05, 3.63) is 0 Å². The molecule has 0 atom stereocenters. The zero-order chi connectivity index (χ0) is 8.32. The molecule has 0 bridgehead atoms. The molecule has 0 amide bonds. The van der Waals surface area contributed by atoms with Crippen molar-refractivity contribution < 1.29 is 13.5 Å². The largest absolute Gasteiger partial charge is 0.379 e. The van der Waals surface area contributed by atoms with Crippen LogP contribution in [0.4, 0.5) is 8.78 Å². The Bertz CT molecular complexity index is 115. The van der Waals surface area contributed by atoms with Crippen LogP contribution in [0.25, 0.3) is 0 Å². The first-order valence-electron chi connectivity index (χ1n) is 4.13. The van der Waals surface area contributed by atoms with Crippen molar-refractivity contribution in [3.8, 4) is 0 Å². The third kappa shape index (κ3) is 2.73. The summed E-state index contributed by atoms with van der Waals surface area (Å²) in [5.74, 6) is -2.42. The van der Waals surface area contributed by atoms with E-state index in [1.165, 1.54) is 0 Å². The molecule has 0 aromatic carbocycles. The van der Waals surface area contributed by atoms with E-state index in [-0.39, 0.29) is 18.9 Å². The third-order valence-corrected chi connectivity index (χ3v) is 2.07. The van der Waals surface area contributed by atoms with Gasteiger partial charge >= 0.3 is 0 Å². The van der Waals surface area contributed by atoms with E-state index < -0.39 is 5.92 Å². The molecule has 0 N–H and O–H groups in total. The lowest BCUT2D eigenvalue weighted by Crippen LogP contribution is -2.28. The summed E-state index contributed by atoms with van der Waals surface area (Å²) in [6.07, 6.45) is 1.11. The van der Waals surface area contributed by atoms with Crippen LogP contribution in [-0.4, -0.2) is 18.6 Å². The molecule has 1 rings (SSSR count). The van der Waals surface area contributed by atoms with Gasteiger partial charge in [0.15, 0.2) is 0 Å². The molecule has 0 heterocycles. The van der Waals surface area contributed by atoms with Gasteiger partial charge in [0.25, 0.3) is 0 Å². The first kappa shape index (κ1) is 8.91. The Labute approximate surface area is 65.7 Å². The molecular weight excluding hydrogens is 150 g/mol. The van der Waals surface area contributed by atoms with Crippen molar-refractivity contribution in [1.82, 2.24) is 0 Å². The molecule has 0 radical (unpaired) electrons. The van der Waals surface area contributed by atoms with E-state index in [0.29, 0.717) is 19.4 Å². The fraction of sp³-hybridized carbons (Fsp3) is 1.00. The molecule has 11 heavy (non-hydrogen) atoms. The molecule has 0 aromatic heterocycles. The second-order valence-corrected chi connectivity index (χ2v) is 3.01. The van der Waals surface area contributed by atoms with E-state index in [9.17, 15) is 8.78 Å². The highest BCUT2D eigenvalue weighted by Gasteiger charge is 2.34. The van der Waals surface area contributed by atoms with Crippen molar-refractivity contribution >= 4 is 0 Å². The average Bonchev–Trinajstić information content (AvgIpc) is 1.94. The van der Waals surface area contributed by atoms with E-state index in [1.54, 1.807) is 0 Å². The highest BCUT2D eigenvalue weighted by Crippen LogP contribution is 2.33. The lowest BCUT2D eigenvalue weighted by molar-refractivity contribution is -0.0785. The van der Waals surface area contributed by atoms with Gasteiger partial charge in [-0.05, 0) is 19.8 Å². The van der Waals surface area contributed by atoms with Gasteiger partial charge in [-0.15, -0.1) is 0 Å². The van der Waals surface area contributed by atoms with Crippen molar-refractivity contribution in [3.63, 3.8) is 0 Å². The number of hydrogen-bond acceptors (Lipinski definition) is 1. The van der Waals surface area contributed by atoms with Crippen molar-refractivity contribution in [2.45, 2.75) is 44.6 Å². The number of alkyl halides is 2. The smallest absolute Gasteiger partial charge is 0.248 e. The predicted octanol–water partition coefficient (Wildman–Crippen LogP) is 2.60. The van der Waals surface area contributed by atoms with Gasteiger partial charge in [-0.3, -0.25) is 0 Å². The molecule has 0 aliphatic heterocycles. The topological polar surface area (TPSA) is 9.23 Å². The molecule has 0 unspecified atom stereocenters. The van der Waals surface area contributed by atoms with Gasteiger partial charge in [-0.2, -0.15) is 0 Å². The van der Waals surface area contributed by atoms with E-state index in [4.69, 9.17) is 4.74 Å². The summed E-state index contributed by atoms with van der Waals surface area (Å²) in [6, 6.07) is 0. The molecule has 0 aromatic rings. The van der Waals surface area contributed by atoms with Gasteiger partial charge in [0.05, 0.1) is 6.10 Å². The highest BCUT2D eigenvalue weighted by molar-refractivity contribution is 4.77. The van der Waals surface area contributed by atoms with Crippen LogP contribution in [0.3, 0.4) is 0 Å². The van der Waals surface area contributed by atoms with Crippen molar-refractivity contribution in [1.29, 1.82) is 0 Å². The van der Waals surface area contributed by atoms with Crippen LogP contribution in [0, 0.1) is 0 Å². The maximum Gasteiger partial charge on any atom is 0.248 e. The average molecular weight is 164 g/mol. The molecule has 1 fully saturated rings. The van der Waals surface area contributed by atoms with Crippen LogP contribution in [0.2, 0.25) is 0 Å². The molecular formula is C8H14F2O. The second-order valence-electron chi connectivity index (χ2n) is 3.01. The molecule has 1 aliphatic carbocycles. The summed E-state index contributed by atoms with van der Waals surface area (Å²) in [6.45, 7) is 2.53. The Morgan fingerprint density at radius 2 is 1.91 bits per heavy atom. The molecule has 0 saturated heterocycles. The van der Waals surface area contributed by atoms with Gasteiger partial charge in [0.1, 0.15) is 0 Å². The van der Waals surface area contributed by atoms with Crippen molar-refractivity contribution in [2.24, 2.45) is 0 Å². The predicted molar refractivity (Wildman–Crippen MR) is 38.8 cm³/mol. The SMILES string of the molecule is CCOC1CCC(F)(F)CC1. The molecule has 66 valence electrons. The Hall–Kier alpha value is -0.180. The van der Waals surface area contributed by atoms with Gasteiger partial charge < -0.3 is 4.74 Å².